The van der Waals surface area contributed by atoms with Crippen LogP contribution in [0.2, 0.25) is 0 Å². The van der Waals surface area contributed by atoms with E-state index in [0.717, 1.165) is 22.0 Å². The van der Waals surface area contributed by atoms with Crippen LogP contribution in [0.3, 0.4) is 0 Å². The molecule has 3 aromatic rings. The van der Waals surface area contributed by atoms with E-state index in [0.29, 0.717) is 12.0 Å². The summed E-state index contributed by atoms with van der Waals surface area (Å²) in [7, 11) is 0. The van der Waals surface area contributed by atoms with Gasteiger partial charge in [0.2, 0.25) is 0 Å². The molecule has 84 valence electrons. The Balaban J connectivity index is 2.58. The summed E-state index contributed by atoms with van der Waals surface area (Å²) in [5.41, 5.74) is 2.16. The van der Waals surface area contributed by atoms with Gasteiger partial charge in [0.05, 0.1) is 11.2 Å². The van der Waals surface area contributed by atoms with Crippen LogP contribution in [-0.2, 0) is 6.42 Å². The van der Waals surface area contributed by atoms with Crippen molar-refractivity contribution >= 4 is 21.9 Å². The predicted octanol–water partition coefficient (Wildman–Crippen LogP) is 2.30. The van der Waals surface area contributed by atoms with Gasteiger partial charge in [-0.1, -0.05) is 6.92 Å². The Morgan fingerprint density at radius 3 is 2.94 bits per heavy atom. The Morgan fingerprint density at radius 2 is 2.12 bits per heavy atom. The van der Waals surface area contributed by atoms with Gasteiger partial charge >= 0.3 is 5.76 Å². The Bertz CT molecular complexity index is 762. The first kappa shape index (κ1) is 9.96. The lowest BCUT2D eigenvalue weighted by molar-refractivity contribution is 0.529. The monoisotopic (exact) mass is 226 g/mol. The Hall–Kier alpha value is -2.23. The lowest BCUT2D eigenvalue weighted by atomic mass is 10.1. The molecular formula is C13H10N2O2. The minimum Gasteiger partial charge on any atom is -0.407 e. The molecule has 0 bridgehead atoms. The van der Waals surface area contributed by atoms with Gasteiger partial charge in [-0.3, -0.25) is 4.98 Å². The summed E-state index contributed by atoms with van der Waals surface area (Å²) in [4.78, 5) is 19.5. The molecule has 0 atom stereocenters. The molecule has 0 aliphatic rings. The number of aryl methyl sites for hydroxylation is 1. The predicted molar refractivity (Wildman–Crippen MR) is 65.0 cm³/mol. The van der Waals surface area contributed by atoms with Crippen LogP contribution < -0.4 is 5.76 Å². The zero-order valence-electron chi connectivity index (χ0n) is 9.30. The lowest BCUT2D eigenvalue weighted by Gasteiger charge is -2.04. The largest absolute Gasteiger partial charge is 0.439 e. The van der Waals surface area contributed by atoms with Crippen LogP contribution in [0.4, 0.5) is 0 Å². The zero-order chi connectivity index (χ0) is 11.8. The van der Waals surface area contributed by atoms with Gasteiger partial charge in [0.1, 0.15) is 0 Å². The topological polar surface area (TPSA) is 56.0 Å². The Morgan fingerprint density at radius 1 is 1.24 bits per heavy atom. The molecule has 1 aromatic carbocycles. The summed E-state index contributed by atoms with van der Waals surface area (Å²) >= 11 is 0. The van der Waals surface area contributed by atoms with Crippen LogP contribution >= 0.6 is 0 Å². The normalized spacial score (nSPS) is 11.1. The summed E-state index contributed by atoms with van der Waals surface area (Å²) in [6, 6.07) is 7.54. The highest BCUT2D eigenvalue weighted by Crippen LogP contribution is 2.24. The number of aromatic nitrogens is 2. The first-order valence-electron chi connectivity index (χ1n) is 5.47. The molecule has 0 saturated carbocycles. The second-order valence-corrected chi connectivity index (χ2v) is 3.79. The average Bonchev–Trinajstić information content (AvgIpc) is 2.37. The molecule has 4 nitrogen and oxygen atoms in total. The SMILES string of the molecule is CCc1nc(=O)oc2c1ccc1ncccc12. The van der Waals surface area contributed by atoms with Gasteiger partial charge in [-0.15, -0.1) is 0 Å². The number of nitrogens with zero attached hydrogens (tertiary/aromatic N) is 2. The van der Waals surface area contributed by atoms with E-state index in [4.69, 9.17) is 4.42 Å². The van der Waals surface area contributed by atoms with Gasteiger partial charge in [0.25, 0.3) is 0 Å². The molecule has 0 aliphatic carbocycles. The van der Waals surface area contributed by atoms with E-state index in [1.54, 1.807) is 6.20 Å². The summed E-state index contributed by atoms with van der Waals surface area (Å²) < 4.78 is 5.21. The fourth-order valence-corrected chi connectivity index (χ4v) is 2.01. The van der Waals surface area contributed by atoms with Gasteiger partial charge in [0.15, 0.2) is 5.58 Å². The van der Waals surface area contributed by atoms with Crippen molar-refractivity contribution in [1.82, 2.24) is 9.97 Å². The van der Waals surface area contributed by atoms with Crippen molar-refractivity contribution in [2.24, 2.45) is 0 Å². The molecule has 0 aliphatic heterocycles. The van der Waals surface area contributed by atoms with Crippen LogP contribution in [0, 0.1) is 0 Å². The Labute approximate surface area is 96.9 Å². The molecule has 0 saturated heterocycles. The number of rotatable bonds is 1. The third kappa shape index (κ3) is 1.49. The van der Waals surface area contributed by atoms with Crippen LogP contribution in [-0.4, -0.2) is 9.97 Å². The second kappa shape index (κ2) is 3.66. The third-order valence-electron chi connectivity index (χ3n) is 2.80. The van der Waals surface area contributed by atoms with Crippen molar-refractivity contribution in [3.63, 3.8) is 0 Å². The maximum Gasteiger partial charge on any atom is 0.439 e. The van der Waals surface area contributed by atoms with Crippen molar-refractivity contribution in [3.8, 4) is 0 Å². The number of pyridine rings is 1. The molecule has 0 N–H and O–H groups in total. The van der Waals surface area contributed by atoms with Crippen molar-refractivity contribution in [3.05, 3.63) is 46.7 Å². The molecule has 0 fully saturated rings. The first-order valence-corrected chi connectivity index (χ1v) is 5.47. The number of benzene rings is 1. The summed E-state index contributed by atoms with van der Waals surface area (Å²) in [6.45, 7) is 1.97. The fraction of sp³-hybridized carbons (Fsp3) is 0.154. The Kier molecular flexibility index (Phi) is 2.14. The highest BCUT2D eigenvalue weighted by molar-refractivity contribution is 6.02. The maximum absolute atomic E-state index is 11.4. The van der Waals surface area contributed by atoms with Crippen molar-refractivity contribution in [2.75, 3.05) is 0 Å². The quantitative estimate of drug-likeness (QED) is 0.597. The van der Waals surface area contributed by atoms with Crippen LogP contribution in [0.1, 0.15) is 12.6 Å². The van der Waals surface area contributed by atoms with E-state index >= 15 is 0 Å². The number of fused-ring (bicyclic) bond motifs is 3. The van der Waals surface area contributed by atoms with Gasteiger partial charge in [-0.05, 0) is 30.7 Å². The van der Waals surface area contributed by atoms with E-state index in [1.807, 2.05) is 31.2 Å². The molecular weight excluding hydrogens is 216 g/mol. The number of hydrogen-bond donors (Lipinski definition) is 0. The third-order valence-corrected chi connectivity index (χ3v) is 2.80. The van der Waals surface area contributed by atoms with Gasteiger partial charge in [-0.2, -0.15) is 4.98 Å². The molecule has 4 heteroatoms. The van der Waals surface area contributed by atoms with Crippen LogP contribution in [0.25, 0.3) is 21.9 Å². The second-order valence-electron chi connectivity index (χ2n) is 3.79. The molecule has 0 spiro atoms. The van der Waals surface area contributed by atoms with E-state index in [2.05, 4.69) is 9.97 Å². The molecule has 17 heavy (non-hydrogen) atoms. The molecule has 0 unspecified atom stereocenters. The molecule has 3 rings (SSSR count). The van der Waals surface area contributed by atoms with Crippen LogP contribution in [0.5, 0.6) is 0 Å². The zero-order valence-corrected chi connectivity index (χ0v) is 9.30. The van der Waals surface area contributed by atoms with Gasteiger partial charge < -0.3 is 4.42 Å². The van der Waals surface area contributed by atoms with E-state index in [-0.39, 0.29) is 0 Å². The summed E-state index contributed by atoms with van der Waals surface area (Å²) in [5.74, 6) is -0.550. The van der Waals surface area contributed by atoms with E-state index < -0.39 is 5.76 Å². The number of hydrogen-bond acceptors (Lipinski definition) is 4. The summed E-state index contributed by atoms with van der Waals surface area (Å²) in [6.07, 6.45) is 2.42. The molecule has 0 radical (unpaired) electrons. The smallest absolute Gasteiger partial charge is 0.407 e. The van der Waals surface area contributed by atoms with Crippen molar-refractivity contribution in [2.45, 2.75) is 13.3 Å². The van der Waals surface area contributed by atoms with E-state index in [9.17, 15) is 4.79 Å². The lowest BCUT2D eigenvalue weighted by Crippen LogP contribution is -2.07. The van der Waals surface area contributed by atoms with E-state index in [1.165, 1.54) is 0 Å². The minimum absolute atomic E-state index is 0.550. The van der Waals surface area contributed by atoms with Gasteiger partial charge in [-0.25, -0.2) is 4.79 Å². The van der Waals surface area contributed by atoms with Gasteiger partial charge in [0, 0.05) is 17.0 Å². The fourth-order valence-electron chi connectivity index (χ4n) is 2.01. The van der Waals surface area contributed by atoms with Crippen molar-refractivity contribution in [1.29, 1.82) is 0 Å². The average molecular weight is 226 g/mol. The highest BCUT2D eigenvalue weighted by atomic mass is 16.4. The van der Waals surface area contributed by atoms with Crippen molar-refractivity contribution < 1.29 is 4.42 Å². The first-order chi connectivity index (χ1) is 8.29. The highest BCUT2D eigenvalue weighted by Gasteiger charge is 2.09. The minimum atomic E-state index is -0.550. The molecule has 2 aromatic heterocycles. The summed E-state index contributed by atoms with van der Waals surface area (Å²) in [5, 5.41) is 1.73. The standard InChI is InChI=1S/C13H10N2O2/c1-2-10-9-5-6-11-8(4-3-7-14-11)12(9)17-13(16)15-10/h3-7H,2H2,1H3. The molecule has 0 amide bonds. The molecule has 2 heterocycles. The van der Waals surface area contributed by atoms with Crippen LogP contribution in [0.15, 0.2) is 39.7 Å². The maximum atomic E-state index is 11.4.